The number of rotatable bonds is 4. The molecule has 54 valence electrons. The lowest BCUT2D eigenvalue weighted by Crippen LogP contribution is -2.09. The maximum absolute atomic E-state index is 5.11. The number of ether oxygens (including phenoxy) is 1. The van der Waals surface area contributed by atoms with Crippen LogP contribution in [0, 0.1) is 5.92 Å². The van der Waals surface area contributed by atoms with Gasteiger partial charge in [-0.25, -0.2) is 0 Å². The van der Waals surface area contributed by atoms with Crippen LogP contribution in [-0.4, -0.2) is 13.3 Å². The summed E-state index contributed by atoms with van der Waals surface area (Å²) in [6, 6.07) is 0. The van der Waals surface area contributed by atoms with Gasteiger partial charge in [0.15, 0.2) is 0 Å². The van der Waals surface area contributed by atoms with Crippen molar-refractivity contribution < 1.29 is 4.74 Å². The third-order valence-corrected chi connectivity index (χ3v) is 1.22. The van der Waals surface area contributed by atoms with E-state index in [0.717, 1.165) is 5.57 Å². The first kappa shape index (κ1) is 8.66. The van der Waals surface area contributed by atoms with E-state index in [4.69, 9.17) is 10.5 Å². The van der Waals surface area contributed by atoms with Gasteiger partial charge in [0.25, 0.3) is 0 Å². The second-order valence-electron chi connectivity index (χ2n) is 2.33. The molecule has 0 rings (SSSR count). The van der Waals surface area contributed by atoms with Gasteiger partial charge in [-0.2, -0.15) is 0 Å². The van der Waals surface area contributed by atoms with Crippen LogP contribution in [0.3, 0.4) is 0 Å². The molecule has 0 saturated heterocycles. The van der Waals surface area contributed by atoms with Gasteiger partial charge in [0.05, 0.1) is 13.3 Å². The average molecular weight is 129 g/mol. The standard InChI is InChI=1S/C7H15NO/c1-6(2)7(3)4-9-5-8/h6H,3-5,8H2,1-2H3. The molecule has 2 N–H and O–H groups in total. The molecule has 0 spiro atoms. The molecule has 2 heteroatoms. The predicted molar refractivity (Wildman–Crippen MR) is 39.0 cm³/mol. The summed E-state index contributed by atoms with van der Waals surface area (Å²) < 4.78 is 4.93. The van der Waals surface area contributed by atoms with Crippen LogP contribution in [0.4, 0.5) is 0 Å². The highest BCUT2D eigenvalue weighted by Gasteiger charge is 1.97. The van der Waals surface area contributed by atoms with Crippen molar-refractivity contribution in [3.8, 4) is 0 Å². The topological polar surface area (TPSA) is 35.2 Å². The van der Waals surface area contributed by atoms with Crippen molar-refractivity contribution in [1.82, 2.24) is 0 Å². The van der Waals surface area contributed by atoms with Crippen molar-refractivity contribution in [1.29, 1.82) is 0 Å². The third kappa shape index (κ3) is 4.18. The molecular weight excluding hydrogens is 114 g/mol. The van der Waals surface area contributed by atoms with Crippen molar-refractivity contribution >= 4 is 0 Å². The van der Waals surface area contributed by atoms with Gasteiger partial charge >= 0.3 is 0 Å². The normalized spacial score (nSPS) is 10.2. The second kappa shape index (κ2) is 4.53. The first-order valence-electron chi connectivity index (χ1n) is 3.14. The summed E-state index contributed by atoms with van der Waals surface area (Å²) in [5.74, 6) is 0.497. The first-order chi connectivity index (χ1) is 4.18. The third-order valence-electron chi connectivity index (χ3n) is 1.22. The van der Waals surface area contributed by atoms with E-state index in [-0.39, 0.29) is 6.73 Å². The highest BCUT2D eigenvalue weighted by molar-refractivity contribution is 4.97. The van der Waals surface area contributed by atoms with E-state index in [0.29, 0.717) is 12.5 Å². The summed E-state index contributed by atoms with van der Waals surface area (Å²) in [4.78, 5) is 0. The van der Waals surface area contributed by atoms with Gasteiger partial charge in [-0.15, -0.1) is 0 Å². The SMILES string of the molecule is C=C(COCN)C(C)C. The largest absolute Gasteiger partial charge is 0.362 e. The van der Waals surface area contributed by atoms with E-state index in [9.17, 15) is 0 Å². The number of hydrogen-bond acceptors (Lipinski definition) is 2. The van der Waals surface area contributed by atoms with Gasteiger partial charge in [0, 0.05) is 0 Å². The van der Waals surface area contributed by atoms with Crippen LogP contribution in [-0.2, 0) is 4.74 Å². The lowest BCUT2D eigenvalue weighted by molar-refractivity contribution is 0.158. The summed E-state index contributed by atoms with van der Waals surface area (Å²) in [6.07, 6.45) is 0. The van der Waals surface area contributed by atoms with Crippen LogP contribution < -0.4 is 5.73 Å². The summed E-state index contributed by atoms with van der Waals surface area (Å²) in [6.45, 7) is 8.86. The zero-order chi connectivity index (χ0) is 7.28. The van der Waals surface area contributed by atoms with E-state index in [2.05, 4.69) is 20.4 Å². The lowest BCUT2D eigenvalue weighted by Gasteiger charge is -2.07. The molecule has 0 saturated carbocycles. The zero-order valence-corrected chi connectivity index (χ0v) is 6.18. The summed E-state index contributed by atoms with van der Waals surface area (Å²) in [5, 5.41) is 0. The maximum atomic E-state index is 5.11. The predicted octanol–water partition coefficient (Wildman–Crippen LogP) is 1.13. The second-order valence-corrected chi connectivity index (χ2v) is 2.33. The van der Waals surface area contributed by atoms with Gasteiger partial charge in [-0.3, -0.25) is 0 Å². The minimum Gasteiger partial charge on any atom is -0.362 e. The van der Waals surface area contributed by atoms with Crippen LogP contribution in [0.25, 0.3) is 0 Å². The smallest absolute Gasteiger partial charge is 0.0944 e. The van der Waals surface area contributed by atoms with Crippen LogP contribution in [0.2, 0.25) is 0 Å². The van der Waals surface area contributed by atoms with Crippen molar-refractivity contribution in [3.63, 3.8) is 0 Å². The fraction of sp³-hybridized carbons (Fsp3) is 0.714. The zero-order valence-electron chi connectivity index (χ0n) is 6.18. The van der Waals surface area contributed by atoms with Crippen LogP contribution in [0.15, 0.2) is 12.2 Å². The molecule has 0 aromatic carbocycles. The Morgan fingerprint density at radius 1 is 1.67 bits per heavy atom. The van der Waals surface area contributed by atoms with E-state index >= 15 is 0 Å². The van der Waals surface area contributed by atoms with E-state index in [1.165, 1.54) is 0 Å². The highest BCUT2D eigenvalue weighted by Crippen LogP contribution is 2.05. The molecule has 0 amide bonds. The Hall–Kier alpha value is -0.340. The molecule has 0 aliphatic heterocycles. The maximum Gasteiger partial charge on any atom is 0.0944 e. The number of nitrogens with two attached hydrogens (primary N) is 1. The minimum absolute atomic E-state index is 0.283. The average Bonchev–Trinajstić information content (AvgIpc) is 1.82. The Kier molecular flexibility index (Phi) is 4.36. The van der Waals surface area contributed by atoms with E-state index < -0.39 is 0 Å². The van der Waals surface area contributed by atoms with Crippen molar-refractivity contribution in [2.45, 2.75) is 13.8 Å². The lowest BCUT2D eigenvalue weighted by atomic mass is 10.1. The number of hydrogen-bond donors (Lipinski definition) is 1. The molecule has 0 atom stereocenters. The van der Waals surface area contributed by atoms with Gasteiger partial charge in [-0.05, 0) is 11.5 Å². The molecule has 0 aromatic heterocycles. The van der Waals surface area contributed by atoms with Gasteiger partial charge in [0.1, 0.15) is 0 Å². The molecule has 0 radical (unpaired) electrons. The monoisotopic (exact) mass is 129 g/mol. The van der Waals surface area contributed by atoms with Crippen molar-refractivity contribution in [2.24, 2.45) is 11.7 Å². The molecule has 0 aromatic rings. The Bertz CT molecular complexity index is 88.9. The molecule has 2 nitrogen and oxygen atoms in total. The Labute approximate surface area is 56.7 Å². The Morgan fingerprint density at radius 2 is 2.22 bits per heavy atom. The van der Waals surface area contributed by atoms with Crippen LogP contribution in [0.5, 0.6) is 0 Å². The van der Waals surface area contributed by atoms with Crippen LogP contribution >= 0.6 is 0 Å². The Balaban J connectivity index is 3.28. The van der Waals surface area contributed by atoms with Crippen molar-refractivity contribution in [3.05, 3.63) is 12.2 Å². The van der Waals surface area contributed by atoms with Gasteiger partial charge in [0.2, 0.25) is 0 Å². The fourth-order valence-electron chi connectivity index (χ4n) is 0.357. The summed E-state index contributed by atoms with van der Waals surface area (Å²) in [5.41, 5.74) is 6.21. The molecule has 0 aliphatic rings. The first-order valence-corrected chi connectivity index (χ1v) is 3.14. The van der Waals surface area contributed by atoms with Crippen LogP contribution in [0.1, 0.15) is 13.8 Å². The molecule has 9 heavy (non-hydrogen) atoms. The molecule has 0 heterocycles. The molecule has 0 aliphatic carbocycles. The van der Waals surface area contributed by atoms with Gasteiger partial charge in [-0.1, -0.05) is 20.4 Å². The quantitative estimate of drug-likeness (QED) is 0.456. The molecule has 0 bridgehead atoms. The molecule has 0 fully saturated rings. The van der Waals surface area contributed by atoms with Crippen molar-refractivity contribution in [2.75, 3.05) is 13.3 Å². The molecule has 0 unspecified atom stereocenters. The molecular formula is C7H15NO. The fourth-order valence-corrected chi connectivity index (χ4v) is 0.357. The minimum atomic E-state index is 0.283. The highest BCUT2D eigenvalue weighted by atomic mass is 16.5. The van der Waals surface area contributed by atoms with E-state index in [1.54, 1.807) is 0 Å². The summed E-state index contributed by atoms with van der Waals surface area (Å²) in [7, 11) is 0. The Morgan fingerprint density at radius 3 is 2.56 bits per heavy atom. The van der Waals surface area contributed by atoms with Gasteiger partial charge < -0.3 is 10.5 Å². The van der Waals surface area contributed by atoms with E-state index in [1.807, 2.05) is 0 Å². The summed E-state index contributed by atoms with van der Waals surface area (Å²) >= 11 is 0.